The van der Waals surface area contributed by atoms with Gasteiger partial charge in [0, 0.05) is 29.6 Å². The molecule has 0 unspecified atom stereocenters. The topological polar surface area (TPSA) is 50.4 Å². The second-order valence-electron chi connectivity index (χ2n) is 5.61. The Labute approximate surface area is 158 Å². The van der Waals surface area contributed by atoms with E-state index in [0.717, 1.165) is 29.8 Å². The lowest BCUT2D eigenvalue weighted by Gasteiger charge is -2.08. The molecule has 0 heterocycles. The van der Waals surface area contributed by atoms with Crippen molar-refractivity contribution in [3.8, 4) is 5.75 Å². The minimum absolute atomic E-state index is 0.0212. The molecular weight excluding hydrogens is 359 g/mol. The van der Waals surface area contributed by atoms with Crippen molar-refractivity contribution in [2.75, 3.05) is 20.2 Å². The van der Waals surface area contributed by atoms with Crippen LogP contribution in [-0.2, 0) is 17.8 Å². The van der Waals surface area contributed by atoms with Crippen molar-refractivity contribution < 1.29 is 9.53 Å². The van der Waals surface area contributed by atoms with E-state index in [9.17, 15) is 4.79 Å². The molecule has 0 radical (unpaired) electrons. The average molecular weight is 381 g/mol. The Hall–Kier alpha value is -1.75. The Morgan fingerprint density at radius 3 is 2.52 bits per heavy atom. The molecule has 0 spiro atoms. The van der Waals surface area contributed by atoms with Crippen LogP contribution < -0.4 is 15.4 Å². The van der Waals surface area contributed by atoms with Crippen LogP contribution in [0, 0.1) is 0 Å². The Balaban J connectivity index is 1.60. The van der Waals surface area contributed by atoms with E-state index in [1.54, 1.807) is 13.2 Å². The van der Waals surface area contributed by atoms with Crippen LogP contribution >= 0.6 is 23.2 Å². The van der Waals surface area contributed by atoms with Crippen molar-refractivity contribution in [3.63, 3.8) is 0 Å². The Morgan fingerprint density at radius 2 is 1.84 bits per heavy atom. The number of carbonyl (C=O) groups is 1. The van der Waals surface area contributed by atoms with Crippen LogP contribution in [0.2, 0.25) is 10.0 Å². The molecule has 6 heteroatoms. The molecule has 0 bridgehead atoms. The predicted octanol–water partition coefficient (Wildman–Crippen LogP) is 3.84. The SMILES string of the molecule is COc1ccc(CNC(=O)CCNCCc2ccc(Cl)cc2Cl)cc1. The maximum atomic E-state index is 11.9. The van der Waals surface area contributed by atoms with E-state index < -0.39 is 0 Å². The summed E-state index contributed by atoms with van der Waals surface area (Å²) in [5, 5.41) is 7.46. The fourth-order valence-corrected chi connectivity index (χ4v) is 2.81. The van der Waals surface area contributed by atoms with Crippen LogP contribution in [0.15, 0.2) is 42.5 Å². The third-order valence-electron chi connectivity index (χ3n) is 3.76. The first-order valence-corrected chi connectivity index (χ1v) is 8.88. The van der Waals surface area contributed by atoms with Gasteiger partial charge in [-0.3, -0.25) is 4.79 Å². The molecule has 0 fully saturated rings. The number of benzene rings is 2. The number of methoxy groups -OCH3 is 1. The van der Waals surface area contributed by atoms with Crippen LogP contribution in [0.4, 0.5) is 0 Å². The maximum absolute atomic E-state index is 11.9. The minimum Gasteiger partial charge on any atom is -0.497 e. The molecule has 0 aliphatic rings. The summed E-state index contributed by atoms with van der Waals surface area (Å²) in [6, 6.07) is 13.1. The van der Waals surface area contributed by atoms with E-state index in [1.807, 2.05) is 36.4 Å². The summed E-state index contributed by atoms with van der Waals surface area (Å²) in [5.41, 5.74) is 2.09. The zero-order valence-corrected chi connectivity index (χ0v) is 15.7. The third kappa shape index (κ3) is 6.94. The van der Waals surface area contributed by atoms with Gasteiger partial charge in [0.1, 0.15) is 5.75 Å². The third-order valence-corrected chi connectivity index (χ3v) is 4.35. The second-order valence-corrected chi connectivity index (χ2v) is 6.45. The van der Waals surface area contributed by atoms with Gasteiger partial charge < -0.3 is 15.4 Å². The number of amides is 1. The highest BCUT2D eigenvalue weighted by atomic mass is 35.5. The van der Waals surface area contributed by atoms with Crippen LogP contribution in [-0.4, -0.2) is 26.1 Å². The number of rotatable bonds is 9. The van der Waals surface area contributed by atoms with E-state index in [1.165, 1.54) is 0 Å². The molecule has 134 valence electrons. The quantitative estimate of drug-likeness (QED) is 0.649. The van der Waals surface area contributed by atoms with E-state index in [-0.39, 0.29) is 5.91 Å². The highest BCUT2D eigenvalue weighted by Gasteiger charge is 2.03. The minimum atomic E-state index is 0.0212. The molecule has 0 aromatic heterocycles. The van der Waals surface area contributed by atoms with Crippen molar-refractivity contribution >= 4 is 29.1 Å². The van der Waals surface area contributed by atoms with Crippen LogP contribution in [0.5, 0.6) is 5.75 Å². The van der Waals surface area contributed by atoms with Gasteiger partial charge in [-0.2, -0.15) is 0 Å². The van der Waals surface area contributed by atoms with Gasteiger partial charge in [0.2, 0.25) is 5.91 Å². The molecule has 4 nitrogen and oxygen atoms in total. The summed E-state index contributed by atoms with van der Waals surface area (Å²) < 4.78 is 5.11. The largest absolute Gasteiger partial charge is 0.497 e. The first kappa shape index (κ1) is 19.6. The van der Waals surface area contributed by atoms with Gasteiger partial charge in [0.25, 0.3) is 0 Å². The van der Waals surface area contributed by atoms with Crippen molar-refractivity contribution in [2.24, 2.45) is 0 Å². The Morgan fingerprint density at radius 1 is 1.08 bits per heavy atom. The molecule has 0 saturated carbocycles. The standard InChI is InChI=1S/C19H22Cl2N2O2/c1-25-17-6-2-14(3-7-17)13-23-19(24)9-11-22-10-8-15-4-5-16(20)12-18(15)21/h2-7,12,22H,8-11,13H2,1H3,(H,23,24). The summed E-state index contributed by atoms with van der Waals surface area (Å²) in [4.78, 5) is 11.9. The molecule has 1 amide bonds. The highest BCUT2D eigenvalue weighted by molar-refractivity contribution is 6.35. The van der Waals surface area contributed by atoms with Gasteiger partial charge in [-0.25, -0.2) is 0 Å². The molecule has 0 atom stereocenters. The lowest BCUT2D eigenvalue weighted by molar-refractivity contribution is -0.121. The Kier molecular flexibility index (Phi) is 8.06. The fraction of sp³-hybridized carbons (Fsp3) is 0.316. The van der Waals surface area contributed by atoms with Crippen LogP contribution in [0.25, 0.3) is 0 Å². The zero-order valence-electron chi connectivity index (χ0n) is 14.1. The number of ether oxygens (including phenoxy) is 1. The van der Waals surface area contributed by atoms with E-state index in [0.29, 0.717) is 29.6 Å². The van der Waals surface area contributed by atoms with Gasteiger partial charge in [-0.05, 0) is 48.4 Å². The van der Waals surface area contributed by atoms with Gasteiger partial charge in [-0.15, -0.1) is 0 Å². The number of hydrogen-bond donors (Lipinski definition) is 2. The van der Waals surface area contributed by atoms with Gasteiger partial charge in [0.15, 0.2) is 0 Å². The molecule has 2 aromatic carbocycles. The van der Waals surface area contributed by atoms with Crippen molar-refractivity contribution in [3.05, 3.63) is 63.6 Å². The fourth-order valence-electron chi connectivity index (χ4n) is 2.31. The van der Waals surface area contributed by atoms with Crippen LogP contribution in [0.3, 0.4) is 0 Å². The lowest BCUT2D eigenvalue weighted by Crippen LogP contribution is -2.28. The molecule has 0 saturated heterocycles. The molecule has 2 rings (SSSR count). The first-order chi connectivity index (χ1) is 12.1. The average Bonchev–Trinajstić information content (AvgIpc) is 2.61. The molecule has 25 heavy (non-hydrogen) atoms. The molecule has 2 aromatic rings. The molecule has 0 aliphatic heterocycles. The molecule has 2 N–H and O–H groups in total. The number of halogens is 2. The lowest BCUT2D eigenvalue weighted by atomic mass is 10.1. The van der Waals surface area contributed by atoms with Gasteiger partial charge in [-0.1, -0.05) is 41.4 Å². The van der Waals surface area contributed by atoms with Gasteiger partial charge >= 0.3 is 0 Å². The Bertz CT molecular complexity index is 690. The van der Waals surface area contributed by atoms with Crippen LogP contribution in [0.1, 0.15) is 17.5 Å². The van der Waals surface area contributed by atoms with Crippen molar-refractivity contribution in [1.82, 2.24) is 10.6 Å². The first-order valence-electron chi connectivity index (χ1n) is 8.13. The highest BCUT2D eigenvalue weighted by Crippen LogP contribution is 2.21. The normalized spacial score (nSPS) is 10.5. The second kappa shape index (κ2) is 10.3. The summed E-state index contributed by atoms with van der Waals surface area (Å²) in [6.07, 6.45) is 1.23. The zero-order chi connectivity index (χ0) is 18.1. The number of carbonyl (C=O) groups excluding carboxylic acids is 1. The van der Waals surface area contributed by atoms with E-state index in [2.05, 4.69) is 10.6 Å². The van der Waals surface area contributed by atoms with Crippen molar-refractivity contribution in [1.29, 1.82) is 0 Å². The van der Waals surface area contributed by atoms with E-state index >= 15 is 0 Å². The number of nitrogens with one attached hydrogen (secondary N) is 2. The summed E-state index contributed by atoms with van der Waals surface area (Å²) >= 11 is 12.0. The monoisotopic (exact) mass is 380 g/mol. The summed E-state index contributed by atoms with van der Waals surface area (Å²) in [5.74, 6) is 0.827. The summed E-state index contributed by atoms with van der Waals surface area (Å²) in [7, 11) is 1.63. The summed E-state index contributed by atoms with van der Waals surface area (Å²) in [6.45, 7) is 1.90. The molecular formula is C19H22Cl2N2O2. The smallest absolute Gasteiger partial charge is 0.221 e. The predicted molar refractivity (Wildman–Crippen MR) is 102 cm³/mol. The molecule has 0 aliphatic carbocycles. The van der Waals surface area contributed by atoms with Gasteiger partial charge in [0.05, 0.1) is 7.11 Å². The van der Waals surface area contributed by atoms with Crippen molar-refractivity contribution in [2.45, 2.75) is 19.4 Å². The maximum Gasteiger partial charge on any atom is 0.221 e. The number of hydrogen-bond acceptors (Lipinski definition) is 3. The van der Waals surface area contributed by atoms with E-state index in [4.69, 9.17) is 27.9 Å².